The standard InChI is InChI=1S/C21H27NO4/c1-15-8-6-7-9-18(15)26-11-10-21(23)22(3)14-17-13-20(25-5)19(24-4)12-16(17)2/h6-9,12-13H,10-11,14H2,1-5H3. The molecule has 0 saturated carbocycles. The first-order chi connectivity index (χ1) is 12.5. The minimum atomic E-state index is 0.0350. The molecule has 0 saturated heterocycles. The normalized spacial score (nSPS) is 10.3. The molecular weight excluding hydrogens is 330 g/mol. The predicted molar refractivity (Wildman–Crippen MR) is 102 cm³/mol. The van der Waals surface area contributed by atoms with Crippen LogP contribution in [0.3, 0.4) is 0 Å². The van der Waals surface area contributed by atoms with E-state index in [2.05, 4.69) is 0 Å². The number of carbonyl (C=O) groups excluding carboxylic acids is 1. The third-order valence-electron chi connectivity index (χ3n) is 4.34. The maximum absolute atomic E-state index is 12.4. The number of rotatable bonds is 8. The summed E-state index contributed by atoms with van der Waals surface area (Å²) in [6.45, 7) is 4.86. The van der Waals surface area contributed by atoms with Gasteiger partial charge in [-0.15, -0.1) is 0 Å². The number of para-hydroxylation sites is 1. The summed E-state index contributed by atoms with van der Waals surface area (Å²) in [5, 5.41) is 0. The van der Waals surface area contributed by atoms with Crippen LogP contribution in [0.4, 0.5) is 0 Å². The first kappa shape index (κ1) is 19.6. The van der Waals surface area contributed by atoms with Gasteiger partial charge < -0.3 is 19.1 Å². The van der Waals surface area contributed by atoms with E-state index < -0.39 is 0 Å². The Morgan fingerprint density at radius 2 is 1.62 bits per heavy atom. The minimum absolute atomic E-state index is 0.0350. The SMILES string of the molecule is COc1cc(C)c(CN(C)C(=O)CCOc2ccccc2C)cc1OC. The van der Waals surface area contributed by atoms with Gasteiger partial charge in [0.25, 0.3) is 0 Å². The molecule has 0 fully saturated rings. The number of hydrogen-bond acceptors (Lipinski definition) is 4. The second kappa shape index (κ2) is 9.13. The fourth-order valence-corrected chi connectivity index (χ4v) is 2.69. The third-order valence-corrected chi connectivity index (χ3v) is 4.34. The zero-order valence-electron chi connectivity index (χ0n) is 16.2. The molecule has 5 nitrogen and oxygen atoms in total. The van der Waals surface area contributed by atoms with Crippen LogP contribution in [0.2, 0.25) is 0 Å². The first-order valence-electron chi connectivity index (χ1n) is 8.60. The van der Waals surface area contributed by atoms with Crippen molar-refractivity contribution in [2.75, 3.05) is 27.9 Å². The van der Waals surface area contributed by atoms with Gasteiger partial charge in [0.1, 0.15) is 5.75 Å². The summed E-state index contributed by atoms with van der Waals surface area (Å²) in [6, 6.07) is 11.6. The average molecular weight is 357 g/mol. The molecule has 1 amide bonds. The van der Waals surface area contributed by atoms with Crippen LogP contribution in [0, 0.1) is 13.8 Å². The third kappa shape index (κ3) is 4.91. The van der Waals surface area contributed by atoms with Crippen molar-refractivity contribution in [1.82, 2.24) is 4.90 Å². The fraction of sp³-hybridized carbons (Fsp3) is 0.381. The second-order valence-corrected chi connectivity index (χ2v) is 6.25. The van der Waals surface area contributed by atoms with Crippen molar-refractivity contribution < 1.29 is 19.0 Å². The number of hydrogen-bond donors (Lipinski definition) is 0. The van der Waals surface area contributed by atoms with Crippen LogP contribution < -0.4 is 14.2 Å². The van der Waals surface area contributed by atoms with Crippen molar-refractivity contribution in [3.05, 3.63) is 53.1 Å². The Morgan fingerprint density at radius 3 is 2.27 bits per heavy atom. The highest BCUT2D eigenvalue weighted by molar-refractivity contribution is 5.76. The summed E-state index contributed by atoms with van der Waals surface area (Å²) >= 11 is 0. The zero-order valence-corrected chi connectivity index (χ0v) is 16.2. The van der Waals surface area contributed by atoms with Gasteiger partial charge in [0.15, 0.2) is 11.5 Å². The molecule has 5 heteroatoms. The molecular formula is C21H27NO4. The van der Waals surface area contributed by atoms with Crippen LogP contribution in [0.5, 0.6) is 17.2 Å². The van der Waals surface area contributed by atoms with Crippen LogP contribution in [0.1, 0.15) is 23.1 Å². The Kier molecular flexibility index (Phi) is 6.89. The smallest absolute Gasteiger partial charge is 0.226 e. The number of nitrogens with zero attached hydrogens (tertiary/aromatic N) is 1. The molecule has 0 atom stereocenters. The lowest BCUT2D eigenvalue weighted by molar-refractivity contribution is -0.130. The van der Waals surface area contributed by atoms with Crippen LogP contribution in [-0.2, 0) is 11.3 Å². The number of amides is 1. The summed E-state index contributed by atoms with van der Waals surface area (Å²) < 4.78 is 16.4. The number of benzene rings is 2. The molecule has 0 aromatic heterocycles. The van der Waals surface area contributed by atoms with Crippen LogP contribution in [0.15, 0.2) is 36.4 Å². The maximum atomic E-state index is 12.4. The van der Waals surface area contributed by atoms with Gasteiger partial charge in [-0.1, -0.05) is 18.2 Å². The Labute approximate surface area is 155 Å². The van der Waals surface area contributed by atoms with Crippen molar-refractivity contribution in [3.8, 4) is 17.2 Å². The number of carbonyl (C=O) groups is 1. The van der Waals surface area contributed by atoms with E-state index in [0.29, 0.717) is 31.1 Å². The summed E-state index contributed by atoms with van der Waals surface area (Å²) in [6.07, 6.45) is 0.331. The Hall–Kier alpha value is -2.69. The Morgan fingerprint density at radius 1 is 0.962 bits per heavy atom. The van der Waals surface area contributed by atoms with E-state index in [1.165, 1.54) is 0 Å². The van der Waals surface area contributed by atoms with Gasteiger partial charge in [-0.05, 0) is 48.7 Å². The van der Waals surface area contributed by atoms with E-state index in [1.807, 2.05) is 50.2 Å². The summed E-state index contributed by atoms with van der Waals surface area (Å²) in [5.74, 6) is 2.21. The molecule has 2 aromatic rings. The highest BCUT2D eigenvalue weighted by Crippen LogP contribution is 2.30. The topological polar surface area (TPSA) is 48.0 Å². The molecule has 0 heterocycles. The lowest BCUT2D eigenvalue weighted by Gasteiger charge is -2.20. The van der Waals surface area contributed by atoms with Gasteiger partial charge in [-0.3, -0.25) is 4.79 Å². The highest BCUT2D eigenvalue weighted by Gasteiger charge is 2.14. The minimum Gasteiger partial charge on any atom is -0.493 e. The molecule has 0 radical (unpaired) electrons. The Bertz CT molecular complexity index is 758. The molecule has 0 spiro atoms. The van der Waals surface area contributed by atoms with Gasteiger partial charge in [0.05, 0.1) is 27.2 Å². The monoisotopic (exact) mass is 357 g/mol. The molecule has 0 bridgehead atoms. The summed E-state index contributed by atoms with van der Waals surface area (Å²) in [7, 11) is 5.02. The molecule has 140 valence electrons. The van der Waals surface area contributed by atoms with Crippen molar-refractivity contribution in [2.24, 2.45) is 0 Å². The van der Waals surface area contributed by atoms with Crippen molar-refractivity contribution in [3.63, 3.8) is 0 Å². The number of methoxy groups -OCH3 is 2. The van der Waals surface area contributed by atoms with Crippen LogP contribution >= 0.6 is 0 Å². The van der Waals surface area contributed by atoms with Crippen LogP contribution in [0.25, 0.3) is 0 Å². The average Bonchev–Trinajstić information content (AvgIpc) is 2.64. The van der Waals surface area contributed by atoms with E-state index in [1.54, 1.807) is 26.2 Å². The maximum Gasteiger partial charge on any atom is 0.226 e. The van der Waals surface area contributed by atoms with Crippen LogP contribution in [-0.4, -0.2) is 38.7 Å². The lowest BCUT2D eigenvalue weighted by atomic mass is 10.1. The molecule has 2 rings (SSSR count). The van der Waals surface area contributed by atoms with E-state index in [9.17, 15) is 4.79 Å². The van der Waals surface area contributed by atoms with Gasteiger partial charge in [-0.2, -0.15) is 0 Å². The van der Waals surface area contributed by atoms with E-state index in [0.717, 1.165) is 22.4 Å². The molecule has 0 aliphatic rings. The molecule has 26 heavy (non-hydrogen) atoms. The van der Waals surface area contributed by atoms with Crippen molar-refractivity contribution >= 4 is 5.91 Å². The largest absolute Gasteiger partial charge is 0.493 e. The van der Waals surface area contributed by atoms with E-state index in [-0.39, 0.29) is 5.91 Å². The molecule has 0 aliphatic heterocycles. The van der Waals surface area contributed by atoms with E-state index in [4.69, 9.17) is 14.2 Å². The second-order valence-electron chi connectivity index (χ2n) is 6.25. The highest BCUT2D eigenvalue weighted by atomic mass is 16.5. The van der Waals surface area contributed by atoms with Gasteiger partial charge in [-0.25, -0.2) is 0 Å². The fourth-order valence-electron chi connectivity index (χ4n) is 2.69. The first-order valence-corrected chi connectivity index (χ1v) is 8.60. The summed E-state index contributed by atoms with van der Waals surface area (Å²) in [4.78, 5) is 14.1. The van der Waals surface area contributed by atoms with Gasteiger partial charge in [0, 0.05) is 13.6 Å². The molecule has 2 aromatic carbocycles. The van der Waals surface area contributed by atoms with Crippen molar-refractivity contribution in [1.29, 1.82) is 0 Å². The van der Waals surface area contributed by atoms with Gasteiger partial charge in [0.2, 0.25) is 5.91 Å². The zero-order chi connectivity index (χ0) is 19.1. The summed E-state index contributed by atoms with van der Waals surface area (Å²) in [5.41, 5.74) is 3.14. The predicted octanol–water partition coefficient (Wildman–Crippen LogP) is 3.75. The van der Waals surface area contributed by atoms with E-state index >= 15 is 0 Å². The van der Waals surface area contributed by atoms with Gasteiger partial charge >= 0.3 is 0 Å². The Balaban J connectivity index is 1.93. The lowest BCUT2D eigenvalue weighted by Crippen LogP contribution is -2.27. The molecule has 0 N–H and O–H groups in total. The molecule has 0 aliphatic carbocycles. The van der Waals surface area contributed by atoms with Crippen molar-refractivity contribution in [2.45, 2.75) is 26.8 Å². The number of aryl methyl sites for hydroxylation is 2. The number of ether oxygens (including phenoxy) is 3. The molecule has 0 unspecified atom stereocenters. The quantitative estimate of drug-likeness (QED) is 0.722.